The highest BCUT2D eigenvalue weighted by atomic mass is 35.5. The standard InChI is InChI=1S/C17H22ClN3O3S2/c1-20(2)15(16-6-5-9-25-16)11-19-17(22)13-10-12(7-8-14(13)18)26(23,24)21(3)4/h5-10,15H,11H2,1-4H3,(H,19,22)/t15-/m1/s1. The molecule has 0 radical (unpaired) electrons. The number of likely N-dealkylation sites (N-methyl/N-ethyl adjacent to an activating group) is 1. The van der Waals surface area contributed by atoms with Crippen LogP contribution in [0.4, 0.5) is 0 Å². The molecule has 26 heavy (non-hydrogen) atoms. The molecular weight excluding hydrogens is 394 g/mol. The second-order valence-electron chi connectivity index (χ2n) is 6.13. The summed E-state index contributed by atoms with van der Waals surface area (Å²) in [6.45, 7) is 0.382. The lowest BCUT2D eigenvalue weighted by molar-refractivity contribution is 0.0942. The fourth-order valence-electron chi connectivity index (χ4n) is 2.35. The Kier molecular flexibility index (Phi) is 6.81. The van der Waals surface area contributed by atoms with Crippen molar-refractivity contribution in [2.24, 2.45) is 0 Å². The molecule has 0 fully saturated rings. The number of amides is 1. The van der Waals surface area contributed by atoms with Gasteiger partial charge in [0.25, 0.3) is 5.91 Å². The zero-order chi connectivity index (χ0) is 19.5. The molecule has 2 rings (SSSR count). The molecule has 0 bridgehead atoms. The van der Waals surface area contributed by atoms with Gasteiger partial charge < -0.3 is 10.2 Å². The summed E-state index contributed by atoms with van der Waals surface area (Å²) in [6, 6.07) is 8.12. The Bertz CT molecular complexity index is 865. The summed E-state index contributed by atoms with van der Waals surface area (Å²) < 4.78 is 25.6. The third kappa shape index (κ3) is 4.63. The number of hydrogen-bond donors (Lipinski definition) is 1. The van der Waals surface area contributed by atoms with Crippen molar-refractivity contribution < 1.29 is 13.2 Å². The predicted octanol–water partition coefficient (Wildman–Crippen LogP) is 2.68. The summed E-state index contributed by atoms with van der Waals surface area (Å²) in [5.41, 5.74) is 0.137. The van der Waals surface area contributed by atoms with Crippen molar-refractivity contribution in [1.82, 2.24) is 14.5 Å². The van der Waals surface area contributed by atoms with Gasteiger partial charge in [0.05, 0.1) is 21.5 Å². The normalized spacial score (nSPS) is 13.2. The number of nitrogens with one attached hydrogen (secondary N) is 1. The van der Waals surface area contributed by atoms with E-state index in [1.807, 2.05) is 36.5 Å². The van der Waals surface area contributed by atoms with Crippen LogP contribution in [0.5, 0.6) is 0 Å². The van der Waals surface area contributed by atoms with E-state index in [2.05, 4.69) is 5.32 Å². The third-order valence-corrected chi connectivity index (χ3v) is 7.03. The van der Waals surface area contributed by atoms with Crippen LogP contribution in [0, 0.1) is 0 Å². The van der Waals surface area contributed by atoms with E-state index < -0.39 is 15.9 Å². The number of thiophene rings is 1. The number of rotatable bonds is 7. The second kappa shape index (κ2) is 8.49. The quantitative estimate of drug-likeness (QED) is 0.754. The Morgan fingerprint density at radius 1 is 1.23 bits per heavy atom. The number of carbonyl (C=O) groups excluding carboxylic acids is 1. The molecule has 6 nitrogen and oxygen atoms in total. The maximum absolute atomic E-state index is 12.6. The first kappa shape index (κ1) is 20.9. The Labute approximate surface area is 163 Å². The largest absolute Gasteiger partial charge is 0.350 e. The molecule has 1 aromatic carbocycles. The van der Waals surface area contributed by atoms with Crippen molar-refractivity contribution in [2.45, 2.75) is 10.9 Å². The molecule has 0 unspecified atom stereocenters. The van der Waals surface area contributed by atoms with Crippen molar-refractivity contribution in [3.63, 3.8) is 0 Å². The van der Waals surface area contributed by atoms with E-state index in [9.17, 15) is 13.2 Å². The summed E-state index contributed by atoms with van der Waals surface area (Å²) in [5, 5.41) is 5.04. The number of sulfonamides is 1. The molecule has 1 amide bonds. The van der Waals surface area contributed by atoms with Crippen LogP contribution in [0.25, 0.3) is 0 Å². The Balaban J connectivity index is 2.22. The van der Waals surface area contributed by atoms with Gasteiger partial charge in [-0.3, -0.25) is 4.79 Å². The molecule has 1 atom stereocenters. The van der Waals surface area contributed by atoms with E-state index in [1.165, 1.54) is 32.3 Å². The molecule has 0 spiro atoms. The second-order valence-corrected chi connectivity index (χ2v) is 9.67. The van der Waals surface area contributed by atoms with E-state index >= 15 is 0 Å². The topological polar surface area (TPSA) is 69.7 Å². The van der Waals surface area contributed by atoms with E-state index in [1.54, 1.807) is 11.3 Å². The molecule has 9 heteroatoms. The van der Waals surface area contributed by atoms with Crippen molar-refractivity contribution in [2.75, 3.05) is 34.7 Å². The van der Waals surface area contributed by atoms with Crippen LogP contribution in [0.1, 0.15) is 21.3 Å². The molecule has 0 aliphatic carbocycles. The fraction of sp³-hybridized carbons (Fsp3) is 0.353. The maximum atomic E-state index is 12.6. The molecule has 1 heterocycles. The van der Waals surface area contributed by atoms with Gasteiger partial charge >= 0.3 is 0 Å². The van der Waals surface area contributed by atoms with E-state index in [0.717, 1.165) is 9.18 Å². The third-order valence-electron chi connectivity index (χ3n) is 3.91. The summed E-state index contributed by atoms with van der Waals surface area (Å²) in [4.78, 5) is 15.8. The average Bonchev–Trinajstić information content (AvgIpc) is 3.08. The first-order valence-electron chi connectivity index (χ1n) is 7.84. The van der Waals surface area contributed by atoms with E-state index in [4.69, 9.17) is 11.6 Å². The number of halogens is 1. The van der Waals surface area contributed by atoms with Gasteiger partial charge in [-0.05, 0) is 43.7 Å². The van der Waals surface area contributed by atoms with Gasteiger partial charge in [0.2, 0.25) is 10.0 Å². The maximum Gasteiger partial charge on any atom is 0.252 e. The summed E-state index contributed by atoms with van der Waals surface area (Å²) in [5.74, 6) is -0.408. The monoisotopic (exact) mass is 415 g/mol. The fourth-order valence-corrected chi connectivity index (χ4v) is 4.41. The van der Waals surface area contributed by atoms with Crippen LogP contribution in [-0.2, 0) is 10.0 Å². The molecule has 142 valence electrons. The molecule has 0 aliphatic heterocycles. The van der Waals surface area contributed by atoms with Crippen molar-refractivity contribution in [1.29, 1.82) is 0 Å². The molecule has 0 saturated carbocycles. The van der Waals surface area contributed by atoms with E-state index in [-0.39, 0.29) is 21.5 Å². The zero-order valence-electron chi connectivity index (χ0n) is 15.1. The van der Waals surface area contributed by atoms with Crippen LogP contribution >= 0.6 is 22.9 Å². The number of nitrogens with zero attached hydrogens (tertiary/aromatic N) is 2. The zero-order valence-corrected chi connectivity index (χ0v) is 17.5. The van der Waals surface area contributed by atoms with Gasteiger partial charge in [0.15, 0.2) is 0 Å². The number of benzene rings is 1. The lowest BCUT2D eigenvalue weighted by atomic mass is 10.2. The van der Waals surface area contributed by atoms with Gasteiger partial charge in [-0.25, -0.2) is 12.7 Å². The Morgan fingerprint density at radius 3 is 2.46 bits per heavy atom. The average molecular weight is 416 g/mol. The number of hydrogen-bond acceptors (Lipinski definition) is 5. The van der Waals surface area contributed by atoms with Crippen LogP contribution < -0.4 is 5.32 Å². The minimum atomic E-state index is -3.64. The lowest BCUT2D eigenvalue weighted by Gasteiger charge is -2.23. The smallest absolute Gasteiger partial charge is 0.252 e. The van der Waals surface area contributed by atoms with Crippen LogP contribution in [0.2, 0.25) is 5.02 Å². The van der Waals surface area contributed by atoms with Gasteiger partial charge in [-0.2, -0.15) is 0 Å². The molecule has 1 N–H and O–H groups in total. The highest BCUT2D eigenvalue weighted by Crippen LogP contribution is 2.24. The van der Waals surface area contributed by atoms with Crippen LogP contribution in [-0.4, -0.2) is 58.3 Å². The first-order chi connectivity index (χ1) is 12.1. The van der Waals surface area contributed by atoms with Crippen LogP contribution in [0.3, 0.4) is 0 Å². The highest BCUT2D eigenvalue weighted by molar-refractivity contribution is 7.89. The minimum absolute atomic E-state index is 0.0198. The Morgan fingerprint density at radius 2 is 1.92 bits per heavy atom. The minimum Gasteiger partial charge on any atom is -0.350 e. The Hall–Kier alpha value is -1.45. The lowest BCUT2D eigenvalue weighted by Crippen LogP contribution is -2.34. The van der Waals surface area contributed by atoms with Gasteiger partial charge in [0.1, 0.15) is 0 Å². The highest BCUT2D eigenvalue weighted by Gasteiger charge is 2.22. The SMILES string of the molecule is CN(C)[C@H](CNC(=O)c1cc(S(=O)(=O)N(C)C)ccc1Cl)c1cccs1. The van der Waals surface area contributed by atoms with E-state index in [0.29, 0.717) is 6.54 Å². The summed E-state index contributed by atoms with van der Waals surface area (Å²) >= 11 is 7.74. The summed E-state index contributed by atoms with van der Waals surface area (Å²) in [6.07, 6.45) is 0. The van der Waals surface area contributed by atoms with Crippen molar-refractivity contribution in [3.05, 3.63) is 51.2 Å². The predicted molar refractivity (Wildman–Crippen MR) is 105 cm³/mol. The summed E-state index contributed by atoms with van der Waals surface area (Å²) in [7, 11) is 3.11. The van der Waals surface area contributed by atoms with Crippen LogP contribution in [0.15, 0.2) is 40.6 Å². The first-order valence-corrected chi connectivity index (χ1v) is 10.5. The molecule has 1 aromatic heterocycles. The number of carbonyl (C=O) groups is 1. The van der Waals surface area contributed by atoms with Gasteiger partial charge in [0, 0.05) is 25.5 Å². The molecule has 0 aliphatic rings. The van der Waals surface area contributed by atoms with Crippen molar-refractivity contribution >= 4 is 38.9 Å². The molecular formula is C17H22ClN3O3S2. The molecule has 0 saturated heterocycles. The molecule has 2 aromatic rings. The van der Waals surface area contributed by atoms with Gasteiger partial charge in [-0.1, -0.05) is 17.7 Å². The van der Waals surface area contributed by atoms with Crippen molar-refractivity contribution in [3.8, 4) is 0 Å². The van der Waals surface area contributed by atoms with Gasteiger partial charge in [-0.15, -0.1) is 11.3 Å².